The molecule has 2 aliphatic rings. The maximum absolute atomic E-state index is 6.50. The summed E-state index contributed by atoms with van der Waals surface area (Å²) in [5.41, 5.74) is 5.76. The molecule has 5 rings (SSSR count). The predicted molar refractivity (Wildman–Crippen MR) is 136 cm³/mol. The molecule has 4 nitrogen and oxygen atoms in total. The number of hydrogen-bond donors (Lipinski definition) is 0. The van der Waals surface area contributed by atoms with Gasteiger partial charge in [-0.3, -0.25) is 0 Å². The Bertz CT molecular complexity index is 1140. The zero-order valence-corrected chi connectivity index (χ0v) is 20.7. The molecule has 2 heterocycles. The van der Waals surface area contributed by atoms with Crippen molar-refractivity contribution in [3.8, 4) is 11.5 Å². The van der Waals surface area contributed by atoms with Gasteiger partial charge in [0.05, 0.1) is 18.4 Å². The number of halogens is 1. The Labute approximate surface area is 204 Å². The van der Waals surface area contributed by atoms with E-state index in [2.05, 4.69) is 83.3 Å². The molecule has 170 valence electrons. The zero-order chi connectivity index (χ0) is 22.8. The van der Waals surface area contributed by atoms with E-state index in [1.54, 1.807) is 0 Å². The second kappa shape index (κ2) is 9.60. The molecular formula is C28H29BrN2O2. The SMILES string of the molecule is CCCCCOc1ccc([C@H]2Oc3ccc(Br)cc3[C@@H]3CC(c4ccc(C)cc4)=NN23)cc1. The van der Waals surface area contributed by atoms with E-state index in [9.17, 15) is 0 Å². The highest BCUT2D eigenvalue weighted by Gasteiger charge is 2.41. The van der Waals surface area contributed by atoms with Gasteiger partial charge in [0.2, 0.25) is 6.23 Å². The molecule has 0 saturated heterocycles. The first-order valence-corrected chi connectivity index (χ1v) is 12.5. The van der Waals surface area contributed by atoms with Crippen molar-refractivity contribution >= 4 is 21.6 Å². The van der Waals surface area contributed by atoms with E-state index >= 15 is 0 Å². The van der Waals surface area contributed by atoms with Crippen LogP contribution in [0.4, 0.5) is 0 Å². The number of rotatable bonds is 7. The minimum Gasteiger partial charge on any atom is -0.494 e. The van der Waals surface area contributed by atoms with E-state index in [-0.39, 0.29) is 12.3 Å². The molecule has 0 radical (unpaired) electrons. The molecule has 0 unspecified atom stereocenters. The molecule has 0 aliphatic carbocycles. The first-order chi connectivity index (χ1) is 16.1. The highest BCUT2D eigenvalue weighted by Crippen LogP contribution is 2.48. The fraction of sp³-hybridized carbons (Fsp3) is 0.321. The fourth-order valence-electron chi connectivity index (χ4n) is 4.47. The number of aryl methyl sites for hydroxylation is 1. The summed E-state index contributed by atoms with van der Waals surface area (Å²) in [5, 5.41) is 7.19. The summed E-state index contributed by atoms with van der Waals surface area (Å²) in [5.74, 6) is 1.82. The summed E-state index contributed by atoms with van der Waals surface area (Å²) < 4.78 is 13.5. The standard InChI is InChI=1S/C28H29BrN2O2/c1-3-4-5-16-32-23-13-10-21(11-14-23)28-31-26(24-17-22(29)12-15-27(24)33-28)18-25(30-31)20-8-6-19(2)7-9-20/h6-15,17,26,28H,3-5,16,18H2,1-2H3/t26-,28+/m0/s1. The Balaban J connectivity index is 1.44. The van der Waals surface area contributed by atoms with Crippen molar-refractivity contribution in [3.05, 3.63) is 93.5 Å². The van der Waals surface area contributed by atoms with Crippen LogP contribution in [0, 0.1) is 6.92 Å². The molecule has 0 spiro atoms. The summed E-state index contributed by atoms with van der Waals surface area (Å²) in [4.78, 5) is 0. The molecular weight excluding hydrogens is 476 g/mol. The topological polar surface area (TPSA) is 34.1 Å². The smallest absolute Gasteiger partial charge is 0.213 e. The molecule has 0 amide bonds. The van der Waals surface area contributed by atoms with Gasteiger partial charge in [0.1, 0.15) is 11.5 Å². The summed E-state index contributed by atoms with van der Waals surface area (Å²) in [6.07, 6.45) is 4.05. The molecule has 0 aromatic heterocycles. The van der Waals surface area contributed by atoms with Gasteiger partial charge in [0, 0.05) is 22.0 Å². The molecule has 3 aromatic carbocycles. The van der Waals surface area contributed by atoms with E-state index in [4.69, 9.17) is 14.6 Å². The van der Waals surface area contributed by atoms with Gasteiger partial charge in [0.15, 0.2) is 0 Å². The van der Waals surface area contributed by atoms with Crippen LogP contribution in [-0.2, 0) is 0 Å². The first kappa shape index (κ1) is 22.0. The first-order valence-electron chi connectivity index (χ1n) is 11.7. The third kappa shape index (κ3) is 4.65. The van der Waals surface area contributed by atoms with Gasteiger partial charge in [0.25, 0.3) is 0 Å². The van der Waals surface area contributed by atoms with Crippen LogP contribution in [0.2, 0.25) is 0 Å². The van der Waals surface area contributed by atoms with Gasteiger partial charge in [-0.2, -0.15) is 5.10 Å². The lowest BCUT2D eigenvalue weighted by Crippen LogP contribution is -2.33. The average molecular weight is 505 g/mol. The van der Waals surface area contributed by atoms with Crippen LogP contribution >= 0.6 is 15.9 Å². The molecule has 0 fully saturated rings. The number of fused-ring (bicyclic) bond motifs is 3. The van der Waals surface area contributed by atoms with Crippen LogP contribution in [-0.4, -0.2) is 17.3 Å². The predicted octanol–water partition coefficient (Wildman–Crippen LogP) is 7.57. The van der Waals surface area contributed by atoms with E-state index < -0.39 is 0 Å². The lowest BCUT2D eigenvalue weighted by molar-refractivity contribution is -0.0191. The Morgan fingerprint density at radius 2 is 1.82 bits per heavy atom. The van der Waals surface area contributed by atoms with Crippen LogP contribution < -0.4 is 9.47 Å². The summed E-state index contributed by atoms with van der Waals surface area (Å²) >= 11 is 3.63. The highest BCUT2D eigenvalue weighted by atomic mass is 79.9. The Morgan fingerprint density at radius 3 is 2.58 bits per heavy atom. The van der Waals surface area contributed by atoms with Gasteiger partial charge in [-0.25, -0.2) is 5.01 Å². The second-order valence-electron chi connectivity index (χ2n) is 8.79. The molecule has 0 saturated carbocycles. The van der Waals surface area contributed by atoms with Gasteiger partial charge >= 0.3 is 0 Å². The number of nitrogens with zero attached hydrogens (tertiary/aromatic N) is 2. The molecule has 0 N–H and O–H groups in total. The van der Waals surface area contributed by atoms with E-state index in [0.29, 0.717) is 0 Å². The van der Waals surface area contributed by atoms with E-state index in [0.717, 1.165) is 46.7 Å². The third-order valence-electron chi connectivity index (χ3n) is 6.32. The molecule has 33 heavy (non-hydrogen) atoms. The summed E-state index contributed by atoms with van der Waals surface area (Å²) in [6.45, 7) is 5.07. The van der Waals surface area contributed by atoms with Crippen molar-refractivity contribution in [1.29, 1.82) is 0 Å². The Hall–Kier alpha value is -2.79. The molecule has 2 atom stereocenters. The largest absolute Gasteiger partial charge is 0.494 e. The normalized spacial score (nSPS) is 18.9. The van der Waals surface area contributed by atoms with Crippen molar-refractivity contribution in [2.45, 2.75) is 51.8 Å². The Morgan fingerprint density at radius 1 is 1.03 bits per heavy atom. The molecule has 2 aliphatic heterocycles. The Kier molecular flexibility index (Phi) is 6.41. The summed E-state index contributed by atoms with van der Waals surface area (Å²) in [6, 6.07) is 23.3. The monoisotopic (exact) mass is 504 g/mol. The van der Waals surface area contributed by atoms with Crippen LogP contribution in [0.15, 0.2) is 76.3 Å². The maximum atomic E-state index is 6.50. The van der Waals surface area contributed by atoms with Crippen LogP contribution in [0.3, 0.4) is 0 Å². The zero-order valence-electron chi connectivity index (χ0n) is 19.1. The number of hydrazone groups is 1. The lowest BCUT2D eigenvalue weighted by Gasteiger charge is -2.38. The van der Waals surface area contributed by atoms with Gasteiger partial charge in [-0.05, 0) is 61.4 Å². The van der Waals surface area contributed by atoms with Gasteiger partial charge in [-0.15, -0.1) is 0 Å². The number of benzene rings is 3. The van der Waals surface area contributed by atoms with Gasteiger partial charge < -0.3 is 9.47 Å². The number of hydrogen-bond acceptors (Lipinski definition) is 4. The second-order valence-corrected chi connectivity index (χ2v) is 9.71. The fourth-order valence-corrected chi connectivity index (χ4v) is 4.85. The van der Waals surface area contributed by atoms with E-state index in [1.165, 1.54) is 29.5 Å². The maximum Gasteiger partial charge on any atom is 0.213 e. The van der Waals surface area contributed by atoms with Crippen molar-refractivity contribution in [2.75, 3.05) is 6.61 Å². The average Bonchev–Trinajstić information content (AvgIpc) is 3.28. The quantitative estimate of drug-likeness (QED) is 0.311. The third-order valence-corrected chi connectivity index (χ3v) is 6.81. The molecule has 0 bridgehead atoms. The van der Waals surface area contributed by atoms with Crippen molar-refractivity contribution in [2.24, 2.45) is 5.10 Å². The van der Waals surface area contributed by atoms with Crippen molar-refractivity contribution in [3.63, 3.8) is 0 Å². The minimum atomic E-state index is -0.277. The van der Waals surface area contributed by atoms with Crippen LogP contribution in [0.25, 0.3) is 0 Å². The van der Waals surface area contributed by atoms with E-state index in [1.807, 2.05) is 18.2 Å². The summed E-state index contributed by atoms with van der Waals surface area (Å²) in [7, 11) is 0. The highest BCUT2D eigenvalue weighted by molar-refractivity contribution is 9.10. The van der Waals surface area contributed by atoms with Gasteiger partial charge in [-0.1, -0.05) is 65.5 Å². The number of ether oxygens (including phenoxy) is 2. The molecule has 3 aromatic rings. The minimum absolute atomic E-state index is 0.137. The number of unbranched alkanes of at least 4 members (excludes halogenated alkanes) is 2. The van der Waals surface area contributed by atoms with Crippen molar-refractivity contribution < 1.29 is 9.47 Å². The lowest BCUT2D eigenvalue weighted by atomic mass is 9.95. The van der Waals surface area contributed by atoms with Crippen LogP contribution in [0.1, 0.15) is 67.1 Å². The van der Waals surface area contributed by atoms with Crippen LogP contribution in [0.5, 0.6) is 11.5 Å². The molecule has 5 heteroatoms. The van der Waals surface area contributed by atoms with Crippen molar-refractivity contribution in [1.82, 2.24) is 5.01 Å².